The Morgan fingerprint density at radius 1 is 1.44 bits per heavy atom. The van der Waals surface area contributed by atoms with E-state index in [1.165, 1.54) is 4.90 Å². The SMILES string of the molecule is N#CCC(=C(C#N)C#N)N1CC(Cl)CC1=O. The average Bonchev–Trinajstić information content (AvgIpc) is 2.58. The van der Waals surface area contributed by atoms with Crippen molar-refractivity contribution in [3.63, 3.8) is 0 Å². The van der Waals surface area contributed by atoms with Gasteiger partial charge in [-0.15, -0.1) is 11.6 Å². The Morgan fingerprint density at radius 2 is 2.06 bits per heavy atom. The first kappa shape index (κ1) is 12.0. The number of amides is 1. The van der Waals surface area contributed by atoms with Crippen molar-refractivity contribution >= 4 is 17.5 Å². The van der Waals surface area contributed by atoms with E-state index in [2.05, 4.69) is 0 Å². The number of hydrogen-bond acceptors (Lipinski definition) is 4. The summed E-state index contributed by atoms with van der Waals surface area (Å²) in [7, 11) is 0. The fraction of sp³-hybridized carbons (Fsp3) is 0.400. The zero-order chi connectivity index (χ0) is 12.1. The summed E-state index contributed by atoms with van der Waals surface area (Å²) in [6.07, 6.45) is 0.0203. The molecule has 1 atom stereocenters. The molecule has 1 aliphatic heterocycles. The Hall–Kier alpha value is -2.03. The van der Waals surface area contributed by atoms with Gasteiger partial charge in [0.25, 0.3) is 0 Å². The summed E-state index contributed by atoms with van der Waals surface area (Å²) in [5.74, 6) is -0.256. The van der Waals surface area contributed by atoms with Gasteiger partial charge in [0, 0.05) is 13.0 Å². The normalized spacial score (nSPS) is 18.5. The second-order valence-electron chi connectivity index (χ2n) is 3.19. The Morgan fingerprint density at radius 3 is 2.44 bits per heavy atom. The molecule has 0 bridgehead atoms. The molecular weight excluding hydrogens is 228 g/mol. The van der Waals surface area contributed by atoms with E-state index in [9.17, 15) is 4.79 Å². The molecule has 1 amide bonds. The van der Waals surface area contributed by atoms with Gasteiger partial charge in [0.05, 0.1) is 23.6 Å². The molecule has 5 nitrogen and oxygen atoms in total. The zero-order valence-electron chi connectivity index (χ0n) is 8.27. The Bertz CT molecular complexity index is 447. The minimum atomic E-state index is -0.333. The lowest BCUT2D eigenvalue weighted by molar-refractivity contribution is -0.126. The molecular formula is C10H7ClN4O. The third-order valence-corrected chi connectivity index (χ3v) is 2.45. The van der Waals surface area contributed by atoms with E-state index < -0.39 is 0 Å². The molecule has 0 radical (unpaired) electrons. The van der Waals surface area contributed by atoms with Gasteiger partial charge >= 0.3 is 0 Å². The Kier molecular flexibility index (Phi) is 3.89. The topological polar surface area (TPSA) is 91.7 Å². The number of rotatable bonds is 2. The van der Waals surface area contributed by atoms with Gasteiger partial charge in [-0.05, 0) is 0 Å². The van der Waals surface area contributed by atoms with E-state index >= 15 is 0 Å². The monoisotopic (exact) mass is 234 g/mol. The van der Waals surface area contributed by atoms with Crippen molar-refractivity contribution in [3.05, 3.63) is 11.3 Å². The highest BCUT2D eigenvalue weighted by Crippen LogP contribution is 2.24. The fourth-order valence-corrected chi connectivity index (χ4v) is 1.74. The fourth-order valence-electron chi connectivity index (χ4n) is 1.47. The third-order valence-electron chi connectivity index (χ3n) is 2.16. The quantitative estimate of drug-likeness (QED) is 0.527. The van der Waals surface area contributed by atoms with Crippen LogP contribution in [0.3, 0.4) is 0 Å². The number of carbonyl (C=O) groups excluding carboxylic acids is 1. The first-order valence-corrected chi connectivity index (χ1v) is 4.92. The number of halogens is 1. The third kappa shape index (κ3) is 2.31. The van der Waals surface area contributed by atoms with Crippen molar-refractivity contribution in [1.29, 1.82) is 15.8 Å². The van der Waals surface area contributed by atoms with Crippen LogP contribution in [-0.4, -0.2) is 22.7 Å². The van der Waals surface area contributed by atoms with E-state index in [0.29, 0.717) is 0 Å². The lowest BCUT2D eigenvalue weighted by atomic mass is 10.2. The van der Waals surface area contributed by atoms with Crippen molar-refractivity contribution in [1.82, 2.24) is 4.90 Å². The van der Waals surface area contributed by atoms with E-state index in [1.807, 2.05) is 6.07 Å². The van der Waals surface area contributed by atoms with E-state index in [-0.39, 0.29) is 41.9 Å². The van der Waals surface area contributed by atoms with Crippen LogP contribution in [0.25, 0.3) is 0 Å². The molecule has 0 aromatic carbocycles. The lowest BCUT2D eigenvalue weighted by Gasteiger charge is -2.17. The first-order chi connectivity index (χ1) is 7.63. The summed E-state index contributed by atoms with van der Waals surface area (Å²) in [4.78, 5) is 12.8. The second kappa shape index (κ2) is 5.16. The van der Waals surface area contributed by atoms with E-state index in [0.717, 1.165) is 0 Å². The molecule has 1 rings (SSSR count). The molecule has 6 heteroatoms. The molecule has 1 saturated heterocycles. The van der Waals surface area contributed by atoms with Gasteiger partial charge in [-0.2, -0.15) is 15.8 Å². The van der Waals surface area contributed by atoms with Crippen LogP contribution in [0, 0.1) is 34.0 Å². The average molecular weight is 235 g/mol. The predicted octanol–water partition coefficient (Wildman–Crippen LogP) is 1.04. The molecule has 1 unspecified atom stereocenters. The maximum Gasteiger partial charge on any atom is 0.228 e. The number of nitrogens with zero attached hydrogens (tertiary/aromatic N) is 4. The molecule has 0 aromatic heterocycles. The van der Waals surface area contributed by atoms with Crippen LogP contribution in [0.15, 0.2) is 11.3 Å². The summed E-state index contributed by atoms with van der Waals surface area (Å²) in [5.41, 5.74) is -0.0543. The first-order valence-electron chi connectivity index (χ1n) is 4.48. The van der Waals surface area contributed by atoms with Crippen LogP contribution in [0.1, 0.15) is 12.8 Å². The van der Waals surface area contributed by atoms with Crippen molar-refractivity contribution in [2.75, 3.05) is 6.54 Å². The Labute approximate surface area is 97.7 Å². The summed E-state index contributed by atoms with van der Waals surface area (Å²) >= 11 is 5.80. The highest BCUT2D eigenvalue weighted by Gasteiger charge is 2.31. The highest BCUT2D eigenvalue weighted by molar-refractivity contribution is 6.22. The van der Waals surface area contributed by atoms with Gasteiger partial charge in [0.1, 0.15) is 17.7 Å². The van der Waals surface area contributed by atoms with E-state index in [4.69, 9.17) is 27.4 Å². The van der Waals surface area contributed by atoms with Crippen molar-refractivity contribution in [2.24, 2.45) is 0 Å². The molecule has 80 valence electrons. The number of likely N-dealkylation sites (tertiary alicyclic amines) is 1. The lowest BCUT2D eigenvalue weighted by Crippen LogP contribution is -2.25. The van der Waals surface area contributed by atoms with Gasteiger partial charge in [-0.1, -0.05) is 0 Å². The number of nitriles is 3. The molecule has 1 fully saturated rings. The van der Waals surface area contributed by atoms with Gasteiger partial charge in [0.15, 0.2) is 0 Å². The number of carbonyl (C=O) groups is 1. The van der Waals surface area contributed by atoms with Gasteiger partial charge in [-0.25, -0.2) is 0 Å². The number of alkyl halides is 1. The summed E-state index contributed by atoms with van der Waals surface area (Å²) in [6.45, 7) is 0.240. The minimum Gasteiger partial charge on any atom is -0.312 e. The molecule has 0 spiro atoms. The van der Waals surface area contributed by atoms with Crippen molar-refractivity contribution in [2.45, 2.75) is 18.2 Å². The van der Waals surface area contributed by atoms with Crippen molar-refractivity contribution in [3.8, 4) is 18.2 Å². The van der Waals surface area contributed by atoms with Gasteiger partial charge in [-0.3, -0.25) is 4.79 Å². The predicted molar refractivity (Wildman–Crippen MR) is 54.5 cm³/mol. The van der Waals surface area contributed by atoms with Gasteiger partial charge < -0.3 is 4.90 Å². The molecule has 1 heterocycles. The molecule has 1 aliphatic rings. The highest BCUT2D eigenvalue weighted by atomic mass is 35.5. The standard InChI is InChI=1S/C10H7ClN4O/c11-8-3-10(16)15(6-8)9(1-2-12)7(4-13)5-14/h8H,1,3,6H2. The zero-order valence-corrected chi connectivity index (χ0v) is 9.03. The molecule has 0 aromatic rings. The number of hydrogen-bond donors (Lipinski definition) is 0. The van der Waals surface area contributed by atoms with Crippen LogP contribution in [0.2, 0.25) is 0 Å². The minimum absolute atomic E-state index is 0.147. The van der Waals surface area contributed by atoms with Crippen LogP contribution < -0.4 is 0 Å². The van der Waals surface area contributed by atoms with Gasteiger partial charge in [0.2, 0.25) is 5.91 Å². The van der Waals surface area contributed by atoms with Crippen LogP contribution in [-0.2, 0) is 4.79 Å². The van der Waals surface area contributed by atoms with Crippen molar-refractivity contribution < 1.29 is 4.79 Å². The molecule has 0 aliphatic carbocycles. The second-order valence-corrected chi connectivity index (χ2v) is 3.80. The Balaban J connectivity index is 3.12. The smallest absolute Gasteiger partial charge is 0.228 e. The van der Waals surface area contributed by atoms with Crippen LogP contribution >= 0.6 is 11.6 Å². The molecule has 0 saturated carbocycles. The summed E-state index contributed by atoms with van der Waals surface area (Å²) < 4.78 is 0. The molecule has 0 N–H and O–H groups in total. The molecule has 16 heavy (non-hydrogen) atoms. The number of allylic oxidation sites excluding steroid dienone is 2. The maximum absolute atomic E-state index is 11.5. The maximum atomic E-state index is 11.5. The largest absolute Gasteiger partial charge is 0.312 e. The van der Waals surface area contributed by atoms with Crippen LogP contribution in [0.5, 0.6) is 0 Å². The summed E-state index contributed by atoms with van der Waals surface area (Å²) in [6, 6.07) is 5.19. The summed E-state index contributed by atoms with van der Waals surface area (Å²) in [5, 5.41) is 25.7. The van der Waals surface area contributed by atoms with Crippen LogP contribution in [0.4, 0.5) is 0 Å². The van der Waals surface area contributed by atoms with E-state index in [1.54, 1.807) is 12.1 Å².